The van der Waals surface area contributed by atoms with E-state index in [1.165, 1.54) is 12.8 Å². The Balaban J connectivity index is 1.91. The van der Waals surface area contributed by atoms with Crippen molar-refractivity contribution in [2.75, 3.05) is 47.8 Å². The fraction of sp³-hybridized carbons (Fsp3) is 0.944. The maximum Gasteiger partial charge on any atom is 0.362 e. The van der Waals surface area contributed by atoms with Crippen LogP contribution in [0.15, 0.2) is 0 Å². The Bertz CT molecular complexity index is 431. The van der Waals surface area contributed by atoms with Gasteiger partial charge in [-0.05, 0) is 44.7 Å². The molecule has 0 unspecified atom stereocenters. The molecule has 2 aliphatic carbocycles. The van der Waals surface area contributed by atoms with E-state index >= 15 is 0 Å². The van der Waals surface area contributed by atoms with Gasteiger partial charge >= 0.3 is 5.97 Å². The molecule has 128 valence electrons. The normalized spacial score (nSPS) is 33.5. The van der Waals surface area contributed by atoms with E-state index in [9.17, 15) is 4.79 Å². The first-order chi connectivity index (χ1) is 9.98. The minimum Gasteiger partial charge on any atom is -0.458 e. The number of hydrogen-bond acceptors (Lipinski definition) is 3. The first-order valence-electron chi connectivity index (χ1n) is 8.64. The number of hydrogen-bond donors (Lipinski definition) is 0. The van der Waals surface area contributed by atoms with Gasteiger partial charge in [-0.25, -0.2) is 4.79 Å². The molecule has 2 fully saturated rings. The number of ether oxygens (including phenoxy) is 1. The van der Waals surface area contributed by atoms with Gasteiger partial charge < -0.3 is 14.1 Å². The average Bonchev–Trinajstić information content (AvgIpc) is 2.69. The van der Waals surface area contributed by atoms with Gasteiger partial charge in [-0.3, -0.25) is 0 Å². The molecule has 2 bridgehead atoms. The molecule has 2 saturated carbocycles. The maximum absolute atomic E-state index is 12.4. The van der Waals surface area contributed by atoms with E-state index in [2.05, 4.69) is 53.9 Å². The lowest BCUT2D eigenvalue weighted by Crippen LogP contribution is -2.49. The second kappa shape index (κ2) is 5.79. The van der Waals surface area contributed by atoms with Crippen LogP contribution in [0.1, 0.15) is 40.0 Å². The Morgan fingerprint density at radius 3 is 2.36 bits per heavy atom. The number of carbonyl (C=O) groups excluding carboxylic acids is 1. The largest absolute Gasteiger partial charge is 0.458 e. The summed E-state index contributed by atoms with van der Waals surface area (Å²) in [4.78, 5) is 14.6. The highest BCUT2D eigenvalue weighted by molar-refractivity contribution is 5.71. The number of rotatable bonds is 6. The highest BCUT2D eigenvalue weighted by atomic mass is 16.5. The van der Waals surface area contributed by atoms with E-state index in [-0.39, 0.29) is 17.5 Å². The average molecular weight is 311 g/mol. The second-order valence-electron chi connectivity index (χ2n) is 9.21. The van der Waals surface area contributed by atoms with E-state index < -0.39 is 0 Å². The molecule has 2 rings (SSSR count). The standard InChI is InChI=1S/C18H35N2O2/c1-17(2)14-8-9-18(17,3)15(12-14)22-16(21)13-20(6,7)11-10-19(4)5/h14-15H,8-13H2,1-7H3/q+1/t14-,15-,18-/m0/s1. The van der Waals surface area contributed by atoms with Crippen LogP contribution in [0.3, 0.4) is 0 Å². The number of carbonyl (C=O) groups is 1. The van der Waals surface area contributed by atoms with Crippen molar-refractivity contribution in [3.8, 4) is 0 Å². The minimum absolute atomic E-state index is 0.0293. The van der Waals surface area contributed by atoms with Gasteiger partial charge in [-0.1, -0.05) is 20.8 Å². The van der Waals surface area contributed by atoms with Crippen molar-refractivity contribution < 1.29 is 14.0 Å². The SMILES string of the molecule is CN(C)CC[N+](C)(C)CC(=O)O[C@H]1C[C@@H]2CC[C@]1(C)C2(C)C. The molecule has 4 heteroatoms. The van der Waals surface area contributed by atoms with E-state index in [1.54, 1.807) is 0 Å². The molecule has 0 N–H and O–H groups in total. The lowest BCUT2D eigenvalue weighted by Gasteiger charge is -2.39. The third-order valence-corrected chi connectivity index (χ3v) is 6.70. The fourth-order valence-corrected chi connectivity index (χ4v) is 4.40. The van der Waals surface area contributed by atoms with E-state index in [4.69, 9.17) is 4.74 Å². The Morgan fingerprint density at radius 2 is 1.91 bits per heavy atom. The van der Waals surface area contributed by atoms with Gasteiger partial charge in [0, 0.05) is 12.0 Å². The van der Waals surface area contributed by atoms with E-state index in [0.717, 1.165) is 19.5 Å². The van der Waals surface area contributed by atoms with Crippen LogP contribution in [-0.4, -0.2) is 69.3 Å². The van der Waals surface area contributed by atoms with Gasteiger partial charge in [0.05, 0.1) is 20.6 Å². The first kappa shape index (κ1) is 17.7. The Morgan fingerprint density at radius 1 is 1.27 bits per heavy atom. The van der Waals surface area contributed by atoms with Gasteiger partial charge in [-0.2, -0.15) is 0 Å². The lowest BCUT2D eigenvalue weighted by molar-refractivity contribution is -0.882. The molecule has 0 aromatic heterocycles. The van der Waals surface area contributed by atoms with Gasteiger partial charge in [0.15, 0.2) is 6.54 Å². The molecule has 0 saturated heterocycles. The predicted octanol–water partition coefficient (Wildman–Crippen LogP) is 2.38. The summed E-state index contributed by atoms with van der Waals surface area (Å²) in [5, 5.41) is 0. The maximum atomic E-state index is 12.4. The Hall–Kier alpha value is -0.610. The Labute approximate surface area is 136 Å². The van der Waals surface area contributed by atoms with Crippen LogP contribution in [-0.2, 0) is 9.53 Å². The first-order valence-corrected chi connectivity index (χ1v) is 8.64. The minimum atomic E-state index is -0.0293. The zero-order valence-electron chi connectivity index (χ0n) is 15.6. The molecule has 4 nitrogen and oxygen atoms in total. The summed E-state index contributed by atoms with van der Waals surface area (Å²) >= 11 is 0. The van der Waals surface area contributed by atoms with Crippen LogP contribution in [0.25, 0.3) is 0 Å². The molecule has 0 radical (unpaired) electrons. The quantitative estimate of drug-likeness (QED) is 0.557. The lowest BCUT2D eigenvalue weighted by atomic mass is 9.70. The van der Waals surface area contributed by atoms with Crippen LogP contribution < -0.4 is 0 Å². The van der Waals surface area contributed by atoms with Gasteiger partial charge in [0.25, 0.3) is 0 Å². The number of nitrogens with zero attached hydrogens (tertiary/aromatic N) is 2. The highest BCUT2D eigenvalue weighted by Gasteiger charge is 2.62. The second-order valence-corrected chi connectivity index (χ2v) is 9.21. The topological polar surface area (TPSA) is 29.5 Å². The number of esters is 1. The van der Waals surface area contributed by atoms with Crippen molar-refractivity contribution in [3.63, 3.8) is 0 Å². The fourth-order valence-electron chi connectivity index (χ4n) is 4.40. The zero-order chi connectivity index (χ0) is 16.8. The van der Waals surface area contributed by atoms with Crippen LogP contribution in [0.5, 0.6) is 0 Å². The molecule has 0 spiro atoms. The molecule has 2 aliphatic rings. The third kappa shape index (κ3) is 3.18. The third-order valence-electron chi connectivity index (χ3n) is 6.70. The summed E-state index contributed by atoms with van der Waals surface area (Å²) in [6, 6.07) is 0. The van der Waals surface area contributed by atoms with Crippen molar-refractivity contribution in [2.24, 2.45) is 16.7 Å². The van der Waals surface area contributed by atoms with Crippen LogP contribution in [0.4, 0.5) is 0 Å². The molecular formula is C18H35N2O2+. The van der Waals surface area contributed by atoms with Crippen molar-refractivity contribution in [3.05, 3.63) is 0 Å². The summed E-state index contributed by atoms with van der Waals surface area (Å²) in [7, 11) is 8.35. The van der Waals surface area contributed by atoms with Crippen molar-refractivity contribution in [2.45, 2.75) is 46.1 Å². The van der Waals surface area contributed by atoms with E-state index in [0.29, 0.717) is 22.4 Å². The van der Waals surface area contributed by atoms with Crippen molar-refractivity contribution in [1.82, 2.24) is 4.90 Å². The highest BCUT2D eigenvalue weighted by Crippen LogP contribution is 2.66. The smallest absolute Gasteiger partial charge is 0.362 e. The summed E-state index contributed by atoms with van der Waals surface area (Å²) in [5.41, 5.74) is 0.460. The molecule has 3 atom stereocenters. The molecule has 22 heavy (non-hydrogen) atoms. The van der Waals surface area contributed by atoms with Gasteiger partial charge in [-0.15, -0.1) is 0 Å². The molecule has 0 amide bonds. The van der Waals surface area contributed by atoms with Gasteiger partial charge in [0.1, 0.15) is 6.10 Å². The summed E-state index contributed by atoms with van der Waals surface area (Å²) in [5.74, 6) is 0.685. The molecule has 0 aliphatic heterocycles. The Kier molecular flexibility index (Phi) is 4.67. The van der Waals surface area contributed by atoms with Crippen molar-refractivity contribution >= 4 is 5.97 Å². The predicted molar refractivity (Wildman–Crippen MR) is 89.5 cm³/mol. The van der Waals surface area contributed by atoms with Crippen LogP contribution in [0, 0.1) is 16.7 Å². The van der Waals surface area contributed by atoms with Crippen LogP contribution >= 0.6 is 0 Å². The molecule has 0 heterocycles. The number of likely N-dealkylation sites (N-methyl/N-ethyl adjacent to an activating group) is 2. The summed E-state index contributed by atoms with van der Waals surface area (Å²) in [6.07, 6.45) is 3.66. The van der Waals surface area contributed by atoms with Gasteiger partial charge in [0.2, 0.25) is 0 Å². The molecule has 0 aromatic carbocycles. The summed E-state index contributed by atoms with van der Waals surface area (Å²) in [6.45, 7) is 9.44. The number of fused-ring (bicyclic) bond motifs is 2. The van der Waals surface area contributed by atoms with E-state index in [1.807, 2.05) is 0 Å². The molecular weight excluding hydrogens is 276 g/mol. The summed E-state index contributed by atoms with van der Waals surface area (Å²) < 4.78 is 6.65. The zero-order valence-corrected chi connectivity index (χ0v) is 15.6. The van der Waals surface area contributed by atoms with Crippen molar-refractivity contribution in [1.29, 1.82) is 0 Å². The monoisotopic (exact) mass is 311 g/mol. The molecule has 0 aromatic rings. The number of quaternary nitrogens is 1. The van der Waals surface area contributed by atoms with Crippen LogP contribution in [0.2, 0.25) is 0 Å².